The van der Waals surface area contributed by atoms with Gasteiger partial charge in [0.15, 0.2) is 0 Å². The van der Waals surface area contributed by atoms with Crippen LogP contribution in [-0.4, -0.2) is 55.9 Å². The van der Waals surface area contributed by atoms with Crippen molar-refractivity contribution in [3.05, 3.63) is 35.4 Å². The zero-order chi connectivity index (χ0) is 16.9. The normalized spacial score (nSPS) is 23.8. The van der Waals surface area contributed by atoms with Gasteiger partial charge in [-0.25, -0.2) is 13.6 Å². The van der Waals surface area contributed by atoms with E-state index in [1.807, 2.05) is 0 Å². The summed E-state index contributed by atoms with van der Waals surface area (Å²) in [5, 5.41) is 5.43. The van der Waals surface area contributed by atoms with Gasteiger partial charge in [0.2, 0.25) is 0 Å². The highest BCUT2D eigenvalue weighted by molar-refractivity contribution is 5.73. The fraction of sp³-hybridized carbons (Fsp3) is 0.588. The van der Waals surface area contributed by atoms with Crippen molar-refractivity contribution in [3.8, 4) is 0 Å². The number of benzene rings is 1. The van der Waals surface area contributed by atoms with Gasteiger partial charge in [-0.05, 0) is 49.6 Å². The molecular formula is C17H23F2N3O2. The van der Waals surface area contributed by atoms with Gasteiger partial charge in [0, 0.05) is 25.7 Å². The molecule has 0 bridgehead atoms. The smallest absolute Gasteiger partial charge is 0.314 e. The van der Waals surface area contributed by atoms with Gasteiger partial charge < -0.3 is 15.4 Å². The molecule has 0 aromatic heterocycles. The molecule has 0 saturated carbocycles. The Labute approximate surface area is 140 Å². The monoisotopic (exact) mass is 339 g/mol. The number of hydrogen-bond donors (Lipinski definition) is 2. The number of urea groups is 1. The van der Waals surface area contributed by atoms with Gasteiger partial charge in [-0.1, -0.05) is 0 Å². The SMILES string of the molecule is O=C(NCCc1cc(F)ccc1F)NC[C@@H]1CN2CCC[C@H]2CO1. The molecule has 2 saturated heterocycles. The highest BCUT2D eigenvalue weighted by atomic mass is 19.1. The number of carbonyl (C=O) groups excluding carboxylic acids is 1. The largest absolute Gasteiger partial charge is 0.373 e. The number of carbonyl (C=O) groups is 1. The topological polar surface area (TPSA) is 53.6 Å². The molecule has 1 aromatic rings. The van der Waals surface area contributed by atoms with Crippen LogP contribution < -0.4 is 10.6 Å². The summed E-state index contributed by atoms with van der Waals surface area (Å²) in [5.41, 5.74) is 0.256. The molecule has 0 spiro atoms. The molecule has 1 aromatic carbocycles. The number of nitrogens with zero attached hydrogens (tertiary/aromatic N) is 1. The van der Waals surface area contributed by atoms with E-state index in [4.69, 9.17) is 4.74 Å². The van der Waals surface area contributed by atoms with Crippen molar-refractivity contribution >= 4 is 6.03 Å². The van der Waals surface area contributed by atoms with Crippen LogP contribution in [0.1, 0.15) is 18.4 Å². The molecule has 2 fully saturated rings. The molecule has 5 nitrogen and oxygen atoms in total. The summed E-state index contributed by atoms with van der Waals surface area (Å²) in [7, 11) is 0. The van der Waals surface area contributed by atoms with Crippen molar-refractivity contribution in [1.82, 2.24) is 15.5 Å². The van der Waals surface area contributed by atoms with Crippen LogP contribution in [0.25, 0.3) is 0 Å². The summed E-state index contributed by atoms with van der Waals surface area (Å²) in [5.74, 6) is -0.945. The molecule has 2 N–H and O–H groups in total. The quantitative estimate of drug-likeness (QED) is 0.858. The van der Waals surface area contributed by atoms with E-state index in [1.54, 1.807) is 0 Å². The van der Waals surface area contributed by atoms with Gasteiger partial charge in [0.05, 0.1) is 12.7 Å². The molecule has 2 heterocycles. The number of ether oxygens (including phenoxy) is 1. The first-order valence-electron chi connectivity index (χ1n) is 8.43. The fourth-order valence-electron chi connectivity index (χ4n) is 3.32. The molecular weight excluding hydrogens is 316 g/mol. The van der Waals surface area contributed by atoms with Gasteiger partial charge in [0.1, 0.15) is 11.6 Å². The Hall–Kier alpha value is -1.73. The van der Waals surface area contributed by atoms with Crippen LogP contribution in [-0.2, 0) is 11.2 Å². The van der Waals surface area contributed by atoms with E-state index >= 15 is 0 Å². The standard InChI is InChI=1S/C17H23F2N3O2/c18-13-3-4-16(19)12(8-13)5-6-20-17(23)21-9-15-10-22-7-1-2-14(22)11-24-15/h3-4,8,14-15H,1-2,5-7,9-11H2,(H2,20,21,23)/t14-,15+/m0/s1. The lowest BCUT2D eigenvalue weighted by atomic mass is 10.1. The van der Waals surface area contributed by atoms with Crippen molar-refractivity contribution in [2.75, 3.05) is 32.8 Å². The summed E-state index contributed by atoms with van der Waals surface area (Å²) in [6.45, 7) is 3.37. The third-order valence-corrected chi connectivity index (χ3v) is 4.64. The maximum atomic E-state index is 13.5. The Morgan fingerprint density at radius 3 is 3.08 bits per heavy atom. The lowest BCUT2D eigenvalue weighted by molar-refractivity contribution is -0.0457. The predicted molar refractivity (Wildman–Crippen MR) is 85.8 cm³/mol. The third-order valence-electron chi connectivity index (χ3n) is 4.64. The van der Waals surface area contributed by atoms with Crippen molar-refractivity contribution in [2.45, 2.75) is 31.4 Å². The zero-order valence-electron chi connectivity index (χ0n) is 13.6. The van der Waals surface area contributed by atoms with Crippen molar-refractivity contribution in [3.63, 3.8) is 0 Å². The van der Waals surface area contributed by atoms with E-state index in [-0.39, 0.29) is 30.7 Å². The molecule has 132 valence electrons. The van der Waals surface area contributed by atoms with Gasteiger partial charge >= 0.3 is 6.03 Å². The van der Waals surface area contributed by atoms with E-state index < -0.39 is 11.6 Å². The summed E-state index contributed by atoms with van der Waals surface area (Å²) >= 11 is 0. The van der Waals surface area contributed by atoms with Crippen LogP contribution in [0.5, 0.6) is 0 Å². The van der Waals surface area contributed by atoms with Crippen LogP contribution in [0, 0.1) is 11.6 Å². The second kappa shape index (κ2) is 7.90. The molecule has 2 aliphatic rings. The lowest BCUT2D eigenvalue weighted by Crippen LogP contribution is -2.51. The highest BCUT2D eigenvalue weighted by Crippen LogP contribution is 2.22. The molecule has 0 radical (unpaired) electrons. The predicted octanol–water partition coefficient (Wildman–Crippen LogP) is 1.67. The van der Waals surface area contributed by atoms with Gasteiger partial charge in [-0.15, -0.1) is 0 Å². The van der Waals surface area contributed by atoms with Crippen molar-refractivity contribution < 1.29 is 18.3 Å². The highest BCUT2D eigenvalue weighted by Gasteiger charge is 2.32. The number of amides is 2. The minimum atomic E-state index is -0.481. The Morgan fingerprint density at radius 2 is 2.21 bits per heavy atom. The maximum Gasteiger partial charge on any atom is 0.314 e. The van der Waals surface area contributed by atoms with Crippen LogP contribution in [0.15, 0.2) is 18.2 Å². The van der Waals surface area contributed by atoms with E-state index in [1.165, 1.54) is 12.8 Å². The summed E-state index contributed by atoms with van der Waals surface area (Å²) in [4.78, 5) is 14.2. The average molecular weight is 339 g/mol. The van der Waals surface area contributed by atoms with Crippen LogP contribution in [0.3, 0.4) is 0 Å². The molecule has 2 atom stereocenters. The van der Waals surface area contributed by atoms with E-state index in [2.05, 4.69) is 15.5 Å². The minimum absolute atomic E-state index is 0.00534. The maximum absolute atomic E-state index is 13.5. The zero-order valence-corrected chi connectivity index (χ0v) is 13.6. The first-order chi connectivity index (χ1) is 11.6. The van der Waals surface area contributed by atoms with E-state index in [0.29, 0.717) is 12.6 Å². The van der Waals surface area contributed by atoms with Crippen LogP contribution >= 0.6 is 0 Å². The summed E-state index contributed by atoms with van der Waals surface area (Å²) in [6.07, 6.45) is 2.65. The number of fused-ring (bicyclic) bond motifs is 1. The number of rotatable bonds is 5. The second-order valence-corrected chi connectivity index (χ2v) is 6.37. The second-order valence-electron chi connectivity index (χ2n) is 6.37. The Kier molecular flexibility index (Phi) is 5.63. The first-order valence-corrected chi connectivity index (χ1v) is 8.43. The summed E-state index contributed by atoms with van der Waals surface area (Å²) in [6, 6.07) is 3.54. The molecule has 2 aliphatic heterocycles. The van der Waals surface area contributed by atoms with Crippen molar-refractivity contribution in [2.24, 2.45) is 0 Å². The van der Waals surface area contributed by atoms with E-state index in [0.717, 1.165) is 37.9 Å². The number of morpholine rings is 1. The van der Waals surface area contributed by atoms with Gasteiger partial charge in [-0.3, -0.25) is 4.90 Å². The molecule has 0 aliphatic carbocycles. The summed E-state index contributed by atoms with van der Waals surface area (Å²) < 4.78 is 32.3. The van der Waals surface area contributed by atoms with Gasteiger partial charge in [0.25, 0.3) is 0 Å². The van der Waals surface area contributed by atoms with Gasteiger partial charge in [-0.2, -0.15) is 0 Å². The molecule has 3 rings (SSSR count). The molecule has 24 heavy (non-hydrogen) atoms. The molecule has 7 heteroatoms. The van der Waals surface area contributed by atoms with Crippen LogP contribution in [0.2, 0.25) is 0 Å². The lowest BCUT2D eigenvalue weighted by Gasteiger charge is -2.35. The number of nitrogens with one attached hydrogen (secondary N) is 2. The van der Waals surface area contributed by atoms with Crippen LogP contribution in [0.4, 0.5) is 13.6 Å². The molecule has 2 amide bonds. The molecule has 0 unspecified atom stereocenters. The Balaban J connectivity index is 1.35. The van der Waals surface area contributed by atoms with Crippen molar-refractivity contribution in [1.29, 1.82) is 0 Å². The average Bonchev–Trinajstić information content (AvgIpc) is 3.04. The number of hydrogen-bond acceptors (Lipinski definition) is 3. The van der Waals surface area contributed by atoms with E-state index in [9.17, 15) is 13.6 Å². The number of halogens is 2. The third kappa shape index (κ3) is 4.42. The minimum Gasteiger partial charge on any atom is -0.373 e. The first kappa shape index (κ1) is 17.1. The Bertz CT molecular complexity index is 585. The Morgan fingerprint density at radius 1 is 1.33 bits per heavy atom. The fourth-order valence-corrected chi connectivity index (χ4v) is 3.32.